The van der Waals surface area contributed by atoms with Gasteiger partial charge in [0.2, 0.25) is 0 Å². The van der Waals surface area contributed by atoms with Crippen LogP contribution in [-0.4, -0.2) is 50.8 Å². The largest absolute Gasteiger partial charge is 0.381 e. The summed E-state index contributed by atoms with van der Waals surface area (Å²) in [7, 11) is 2.15. The van der Waals surface area contributed by atoms with Crippen LogP contribution >= 0.6 is 24.0 Å². The van der Waals surface area contributed by atoms with Gasteiger partial charge in [0.05, 0.1) is 6.54 Å². The Morgan fingerprint density at radius 1 is 1.26 bits per heavy atom. The van der Waals surface area contributed by atoms with E-state index >= 15 is 0 Å². The minimum Gasteiger partial charge on any atom is -0.381 e. The lowest BCUT2D eigenvalue weighted by atomic mass is 9.82. The monoisotopic (exact) mass is 487 g/mol. The molecule has 1 N–H and O–H groups in total. The van der Waals surface area contributed by atoms with Crippen LogP contribution in [0.5, 0.6) is 0 Å². The van der Waals surface area contributed by atoms with Gasteiger partial charge in [0.15, 0.2) is 5.96 Å². The third-order valence-electron chi connectivity index (χ3n) is 5.41. The number of aryl methyl sites for hydroxylation is 1. The zero-order chi connectivity index (χ0) is 19.0. The van der Waals surface area contributed by atoms with Crippen LogP contribution < -0.4 is 5.32 Å². The molecule has 1 aliphatic heterocycles. The van der Waals surface area contributed by atoms with Gasteiger partial charge in [-0.25, -0.2) is 0 Å². The molecule has 1 saturated heterocycles. The minimum atomic E-state index is 0. The maximum absolute atomic E-state index is 5.47. The van der Waals surface area contributed by atoms with E-state index in [1.165, 1.54) is 30.4 Å². The maximum Gasteiger partial charge on any atom is 0.193 e. The molecule has 1 aromatic rings. The zero-order valence-corrected chi connectivity index (χ0v) is 20.1. The molecule has 0 bridgehead atoms. The van der Waals surface area contributed by atoms with Crippen molar-refractivity contribution in [1.29, 1.82) is 0 Å². The average molecular weight is 487 g/mol. The van der Waals surface area contributed by atoms with Crippen LogP contribution in [0.4, 0.5) is 0 Å². The molecular weight excluding hydrogens is 449 g/mol. The highest BCUT2D eigenvalue weighted by Crippen LogP contribution is 2.26. The van der Waals surface area contributed by atoms with Crippen molar-refractivity contribution in [2.75, 3.05) is 39.9 Å². The van der Waals surface area contributed by atoms with Crippen molar-refractivity contribution in [1.82, 2.24) is 10.2 Å². The molecule has 1 aliphatic rings. The number of aliphatic imine (C=N–C) groups is 1. The summed E-state index contributed by atoms with van der Waals surface area (Å²) < 4.78 is 5.47. The van der Waals surface area contributed by atoms with E-state index < -0.39 is 0 Å². The first-order valence-electron chi connectivity index (χ1n) is 10.1. The van der Waals surface area contributed by atoms with E-state index in [0.29, 0.717) is 0 Å². The van der Waals surface area contributed by atoms with Crippen LogP contribution in [0.25, 0.3) is 0 Å². The van der Waals surface area contributed by atoms with E-state index in [0.717, 1.165) is 44.7 Å². The highest BCUT2D eigenvalue weighted by Gasteiger charge is 2.23. The number of guanidine groups is 1. The van der Waals surface area contributed by atoms with Gasteiger partial charge >= 0.3 is 0 Å². The molecule has 1 aromatic carbocycles. The summed E-state index contributed by atoms with van der Waals surface area (Å²) in [5, 5.41) is 3.46. The maximum atomic E-state index is 5.47. The number of benzene rings is 1. The van der Waals surface area contributed by atoms with Crippen LogP contribution in [0.1, 0.15) is 51.2 Å². The molecule has 0 amide bonds. The van der Waals surface area contributed by atoms with Gasteiger partial charge in [-0.2, -0.15) is 0 Å². The zero-order valence-electron chi connectivity index (χ0n) is 17.8. The second-order valence-electron chi connectivity index (χ2n) is 8.13. The molecule has 0 aliphatic carbocycles. The fourth-order valence-electron chi connectivity index (χ4n) is 3.68. The topological polar surface area (TPSA) is 36.9 Å². The Morgan fingerprint density at radius 2 is 1.93 bits per heavy atom. The number of nitrogens with zero attached hydrogens (tertiary/aromatic N) is 2. The van der Waals surface area contributed by atoms with Crippen molar-refractivity contribution in [3.05, 3.63) is 35.4 Å². The first-order valence-corrected chi connectivity index (χ1v) is 10.1. The molecule has 0 radical (unpaired) electrons. The summed E-state index contributed by atoms with van der Waals surface area (Å²) in [5.74, 6) is 1.80. The smallest absolute Gasteiger partial charge is 0.193 e. The lowest BCUT2D eigenvalue weighted by Gasteiger charge is -2.29. The molecule has 0 unspecified atom stereocenters. The Hall–Kier alpha value is -0.820. The summed E-state index contributed by atoms with van der Waals surface area (Å²) in [6.45, 7) is 13.4. The van der Waals surface area contributed by atoms with Crippen LogP contribution in [0.2, 0.25) is 0 Å². The van der Waals surface area contributed by atoms with E-state index in [4.69, 9.17) is 9.73 Å². The van der Waals surface area contributed by atoms with Gasteiger partial charge in [0, 0.05) is 38.8 Å². The third kappa shape index (κ3) is 7.60. The number of halogens is 1. The number of rotatable bonds is 7. The third-order valence-corrected chi connectivity index (χ3v) is 5.41. The normalized spacial score (nSPS) is 16.0. The highest BCUT2D eigenvalue weighted by atomic mass is 127. The molecule has 1 heterocycles. The molecule has 5 heteroatoms. The molecule has 0 atom stereocenters. The Morgan fingerprint density at radius 3 is 2.56 bits per heavy atom. The standard InChI is InChI=1S/C22H37N3O.HI/c1-6-23-21(25(5)14-11-19-12-15-26-16-13-19)24-17-22(3,4)20-10-8-7-9-18(20)2;/h7-10,19H,6,11-17H2,1-5H3,(H,23,24);1H. The molecule has 27 heavy (non-hydrogen) atoms. The van der Waals surface area contributed by atoms with Crippen molar-refractivity contribution < 1.29 is 4.74 Å². The van der Waals surface area contributed by atoms with E-state index in [1.54, 1.807) is 0 Å². The summed E-state index contributed by atoms with van der Waals surface area (Å²) in [6, 6.07) is 8.64. The van der Waals surface area contributed by atoms with E-state index in [9.17, 15) is 0 Å². The fraction of sp³-hybridized carbons (Fsp3) is 0.682. The van der Waals surface area contributed by atoms with Crippen molar-refractivity contribution in [3.8, 4) is 0 Å². The van der Waals surface area contributed by atoms with Gasteiger partial charge in [-0.15, -0.1) is 24.0 Å². The van der Waals surface area contributed by atoms with E-state index in [2.05, 4.69) is 69.2 Å². The average Bonchev–Trinajstić information content (AvgIpc) is 2.64. The van der Waals surface area contributed by atoms with Gasteiger partial charge in [-0.3, -0.25) is 4.99 Å². The molecule has 2 rings (SSSR count). The number of ether oxygens (including phenoxy) is 1. The number of nitrogens with one attached hydrogen (secondary N) is 1. The van der Waals surface area contributed by atoms with Crippen molar-refractivity contribution in [3.63, 3.8) is 0 Å². The minimum absolute atomic E-state index is 0. The lowest BCUT2D eigenvalue weighted by Crippen LogP contribution is -2.41. The number of hydrogen-bond donors (Lipinski definition) is 1. The second-order valence-corrected chi connectivity index (χ2v) is 8.13. The molecule has 0 aromatic heterocycles. The SMILES string of the molecule is CCNC(=NCC(C)(C)c1ccccc1C)N(C)CCC1CCOCC1.I. The van der Waals surface area contributed by atoms with E-state index in [1.807, 2.05) is 0 Å². The van der Waals surface area contributed by atoms with Crippen LogP contribution in [0, 0.1) is 12.8 Å². The Balaban J connectivity index is 0.00000364. The van der Waals surface area contributed by atoms with Crippen LogP contribution in [0.3, 0.4) is 0 Å². The predicted octanol–water partition coefficient (Wildman–Crippen LogP) is 4.60. The molecule has 1 fully saturated rings. The summed E-state index contributed by atoms with van der Waals surface area (Å²) >= 11 is 0. The van der Waals surface area contributed by atoms with Gasteiger partial charge in [0.25, 0.3) is 0 Å². The second kappa shape index (κ2) is 11.9. The molecule has 154 valence electrons. The summed E-state index contributed by atoms with van der Waals surface area (Å²) in [5.41, 5.74) is 2.74. The number of hydrogen-bond acceptors (Lipinski definition) is 2. The first kappa shape index (κ1) is 24.2. The van der Waals surface area contributed by atoms with Gasteiger partial charge in [0.1, 0.15) is 0 Å². The van der Waals surface area contributed by atoms with Crippen LogP contribution in [-0.2, 0) is 10.2 Å². The molecule has 4 nitrogen and oxygen atoms in total. The quantitative estimate of drug-likeness (QED) is 0.347. The fourth-order valence-corrected chi connectivity index (χ4v) is 3.68. The highest BCUT2D eigenvalue weighted by molar-refractivity contribution is 14.0. The Kier molecular flexibility index (Phi) is 10.7. The lowest BCUT2D eigenvalue weighted by molar-refractivity contribution is 0.0625. The van der Waals surface area contributed by atoms with E-state index in [-0.39, 0.29) is 29.4 Å². The molecular formula is C22H38IN3O. The first-order chi connectivity index (χ1) is 12.4. The summed E-state index contributed by atoms with van der Waals surface area (Å²) in [6.07, 6.45) is 3.61. The van der Waals surface area contributed by atoms with Gasteiger partial charge in [-0.05, 0) is 50.2 Å². The Labute approximate surface area is 183 Å². The van der Waals surface area contributed by atoms with Crippen LogP contribution in [0.15, 0.2) is 29.3 Å². The van der Waals surface area contributed by atoms with Gasteiger partial charge < -0.3 is 15.0 Å². The molecule has 0 saturated carbocycles. The Bertz CT molecular complexity index is 583. The predicted molar refractivity (Wildman–Crippen MR) is 126 cm³/mol. The van der Waals surface area contributed by atoms with Crippen molar-refractivity contribution >= 4 is 29.9 Å². The summed E-state index contributed by atoms with van der Waals surface area (Å²) in [4.78, 5) is 7.26. The molecule has 0 spiro atoms. The van der Waals surface area contributed by atoms with Crippen molar-refractivity contribution in [2.45, 2.75) is 52.4 Å². The van der Waals surface area contributed by atoms with Gasteiger partial charge in [-0.1, -0.05) is 38.1 Å². The van der Waals surface area contributed by atoms with Crippen molar-refractivity contribution in [2.24, 2.45) is 10.9 Å².